The maximum atomic E-state index is 13.5. The first-order valence-electron chi connectivity index (χ1n) is 7.06. The Bertz CT molecular complexity index is 828. The molecule has 2 aromatic carbocycles. The number of nitrogens with one attached hydrogen (secondary N) is 1. The Hall–Kier alpha value is -3.02. The summed E-state index contributed by atoms with van der Waals surface area (Å²) in [6.07, 6.45) is 0. The number of aryl methyl sites for hydroxylation is 1. The van der Waals surface area contributed by atoms with Gasteiger partial charge in [0.05, 0.1) is 12.1 Å². The summed E-state index contributed by atoms with van der Waals surface area (Å²) in [6.45, 7) is 2.05. The van der Waals surface area contributed by atoms with Crippen molar-refractivity contribution in [3.63, 3.8) is 0 Å². The van der Waals surface area contributed by atoms with Crippen LogP contribution in [0.3, 0.4) is 0 Å². The summed E-state index contributed by atoms with van der Waals surface area (Å²) >= 11 is 0. The smallest absolute Gasteiger partial charge is 0.257 e. The number of amides is 1. The number of carbonyl (C=O) groups excluding carboxylic acids is 1. The van der Waals surface area contributed by atoms with Crippen LogP contribution in [0.15, 0.2) is 53.1 Å². The third-order valence-electron chi connectivity index (χ3n) is 3.29. The molecule has 0 unspecified atom stereocenters. The first kappa shape index (κ1) is 14.9. The Labute approximate surface area is 132 Å². The highest BCUT2D eigenvalue weighted by atomic mass is 19.1. The molecular formula is C17H14FN3O2. The SMILES string of the molecule is Cc1ccc(-c2nc(CNC(=O)c3ccccc3F)no2)cc1. The predicted molar refractivity (Wildman–Crippen MR) is 82.0 cm³/mol. The lowest BCUT2D eigenvalue weighted by Crippen LogP contribution is -2.24. The molecule has 1 N–H and O–H groups in total. The van der Waals surface area contributed by atoms with Crippen LogP contribution in [0.1, 0.15) is 21.7 Å². The fraction of sp³-hybridized carbons (Fsp3) is 0.118. The number of benzene rings is 2. The minimum Gasteiger partial charge on any atom is -0.345 e. The fourth-order valence-electron chi connectivity index (χ4n) is 2.04. The molecule has 116 valence electrons. The molecule has 1 amide bonds. The molecule has 5 nitrogen and oxygen atoms in total. The van der Waals surface area contributed by atoms with E-state index < -0.39 is 11.7 Å². The topological polar surface area (TPSA) is 68.0 Å². The number of nitrogens with zero attached hydrogens (tertiary/aromatic N) is 2. The summed E-state index contributed by atoms with van der Waals surface area (Å²) in [5, 5.41) is 6.37. The molecule has 23 heavy (non-hydrogen) atoms. The van der Waals surface area contributed by atoms with Gasteiger partial charge in [-0.05, 0) is 31.2 Å². The minimum atomic E-state index is -0.571. The van der Waals surface area contributed by atoms with E-state index in [0.717, 1.165) is 11.1 Å². The van der Waals surface area contributed by atoms with E-state index in [9.17, 15) is 9.18 Å². The zero-order valence-electron chi connectivity index (χ0n) is 12.4. The van der Waals surface area contributed by atoms with Crippen molar-refractivity contribution in [3.05, 3.63) is 71.3 Å². The van der Waals surface area contributed by atoms with Gasteiger partial charge in [0.2, 0.25) is 0 Å². The molecule has 0 saturated heterocycles. The van der Waals surface area contributed by atoms with Crippen molar-refractivity contribution in [2.75, 3.05) is 0 Å². The van der Waals surface area contributed by atoms with Gasteiger partial charge in [-0.15, -0.1) is 0 Å². The van der Waals surface area contributed by atoms with Gasteiger partial charge >= 0.3 is 0 Å². The first-order chi connectivity index (χ1) is 11.1. The van der Waals surface area contributed by atoms with Crippen LogP contribution in [0.4, 0.5) is 4.39 Å². The van der Waals surface area contributed by atoms with E-state index in [-0.39, 0.29) is 12.1 Å². The van der Waals surface area contributed by atoms with Gasteiger partial charge in [0, 0.05) is 5.56 Å². The van der Waals surface area contributed by atoms with Crippen LogP contribution < -0.4 is 5.32 Å². The summed E-state index contributed by atoms with van der Waals surface area (Å²) < 4.78 is 18.7. The van der Waals surface area contributed by atoms with Gasteiger partial charge < -0.3 is 9.84 Å². The number of rotatable bonds is 4. The molecule has 0 aliphatic carbocycles. The van der Waals surface area contributed by atoms with Crippen LogP contribution in [0.2, 0.25) is 0 Å². The Morgan fingerprint density at radius 1 is 1.17 bits per heavy atom. The van der Waals surface area contributed by atoms with Gasteiger partial charge in [-0.2, -0.15) is 4.98 Å². The molecule has 0 fully saturated rings. The number of carbonyl (C=O) groups is 1. The molecule has 0 radical (unpaired) electrons. The zero-order chi connectivity index (χ0) is 16.2. The Kier molecular flexibility index (Phi) is 4.14. The lowest BCUT2D eigenvalue weighted by atomic mass is 10.1. The Balaban J connectivity index is 1.67. The molecular weight excluding hydrogens is 297 g/mol. The normalized spacial score (nSPS) is 10.5. The summed E-state index contributed by atoms with van der Waals surface area (Å²) in [6, 6.07) is 13.4. The largest absolute Gasteiger partial charge is 0.345 e. The second-order valence-electron chi connectivity index (χ2n) is 5.04. The molecule has 0 bridgehead atoms. The quantitative estimate of drug-likeness (QED) is 0.804. The average molecular weight is 311 g/mol. The van der Waals surface area contributed by atoms with Crippen molar-refractivity contribution < 1.29 is 13.7 Å². The van der Waals surface area contributed by atoms with Gasteiger partial charge in [0.25, 0.3) is 11.8 Å². The zero-order valence-corrected chi connectivity index (χ0v) is 12.4. The second kappa shape index (κ2) is 6.39. The average Bonchev–Trinajstić information content (AvgIpc) is 3.03. The molecule has 0 aliphatic rings. The van der Waals surface area contributed by atoms with Crippen LogP contribution in [-0.4, -0.2) is 16.0 Å². The molecule has 1 heterocycles. The third-order valence-corrected chi connectivity index (χ3v) is 3.29. The molecule has 3 aromatic rings. The van der Waals surface area contributed by atoms with Crippen LogP contribution in [0, 0.1) is 12.7 Å². The van der Waals surface area contributed by atoms with E-state index in [2.05, 4.69) is 15.5 Å². The van der Waals surface area contributed by atoms with Gasteiger partial charge in [-0.25, -0.2) is 4.39 Å². The summed E-state index contributed by atoms with van der Waals surface area (Å²) in [5.41, 5.74) is 1.91. The Morgan fingerprint density at radius 2 is 1.91 bits per heavy atom. The lowest BCUT2D eigenvalue weighted by Gasteiger charge is -2.03. The molecule has 0 saturated carbocycles. The van der Waals surface area contributed by atoms with E-state index in [1.807, 2.05) is 31.2 Å². The molecule has 3 rings (SSSR count). The van der Waals surface area contributed by atoms with Gasteiger partial charge in [0.1, 0.15) is 5.82 Å². The van der Waals surface area contributed by atoms with Crippen molar-refractivity contribution in [2.24, 2.45) is 0 Å². The van der Waals surface area contributed by atoms with Crippen molar-refractivity contribution in [1.82, 2.24) is 15.5 Å². The van der Waals surface area contributed by atoms with Gasteiger partial charge in [-0.1, -0.05) is 35.0 Å². The molecule has 6 heteroatoms. The highest BCUT2D eigenvalue weighted by Crippen LogP contribution is 2.17. The summed E-state index contributed by atoms with van der Waals surface area (Å²) in [5.74, 6) is -0.395. The number of hydrogen-bond acceptors (Lipinski definition) is 4. The number of halogens is 1. The van der Waals surface area contributed by atoms with E-state index in [1.54, 1.807) is 6.07 Å². The van der Waals surface area contributed by atoms with Crippen LogP contribution >= 0.6 is 0 Å². The Morgan fingerprint density at radius 3 is 2.65 bits per heavy atom. The molecule has 0 atom stereocenters. The molecule has 0 spiro atoms. The van der Waals surface area contributed by atoms with Gasteiger partial charge in [-0.3, -0.25) is 4.79 Å². The van der Waals surface area contributed by atoms with Gasteiger partial charge in [0.15, 0.2) is 5.82 Å². The lowest BCUT2D eigenvalue weighted by molar-refractivity contribution is 0.0945. The van der Waals surface area contributed by atoms with E-state index >= 15 is 0 Å². The van der Waals surface area contributed by atoms with Crippen molar-refractivity contribution in [3.8, 4) is 11.5 Å². The maximum Gasteiger partial charge on any atom is 0.257 e. The third kappa shape index (κ3) is 3.42. The predicted octanol–water partition coefficient (Wildman–Crippen LogP) is 3.11. The van der Waals surface area contributed by atoms with Crippen molar-refractivity contribution in [2.45, 2.75) is 13.5 Å². The van der Waals surface area contributed by atoms with Crippen LogP contribution in [-0.2, 0) is 6.54 Å². The number of hydrogen-bond donors (Lipinski definition) is 1. The molecule has 0 aliphatic heterocycles. The van der Waals surface area contributed by atoms with Crippen molar-refractivity contribution >= 4 is 5.91 Å². The highest BCUT2D eigenvalue weighted by Gasteiger charge is 2.13. The number of aromatic nitrogens is 2. The van der Waals surface area contributed by atoms with E-state index in [4.69, 9.17) is 4.52 Å². The van der Waals surface area contributed by atoms with Crippen LogP contribution in [0.5, 0.6) is 0 Å². The fourth-order valence-corrected chi connectivity index (χ4v) is 2.04. The van der Waals surface area contributed by atoms with E-state index in [0.29, 0.717) is 11.7 Å². The van der Waals surface area contributed by atoms with Crippen molar-refractivity contribution in [1.29, 1.82) is 0 Å². The second-order valence-corrected chi connectivity index (χ2v) is 5.04. The highest BCUT2D eigenvalue weighted by molar-refractivity contribution is 5.94. The van der Waals surface area contributed by atoms with Crippen LogP contribution in [0.25, 0.3) is 11.5 Å². The minimum absolute atomic E-state index is 0.0187. The monoisotopic (exact) mass is 311 g/mol. The maximum absolute atomic E-state index is 13.5. The standard InChI is InChI=1S/C17H14FN3O2/c1-11-6-8-12(9-7-11)17-20-15(21-23-17)10-19-16(22)13-4-2-3-5-14(13)18/h2-9H,10H2,1H3,(H,19,22). The first-order valence-corrected chi connectivity index (χ1v) is 7.06. The van der Waals surface area contributed by atoms with E-state index in [1.165, 1.54) is 18.2 Å². The summed E-state index contributed by atoms with van der Waals surface area (Å²) in [7, 11) is 0. The summed E-state index contributed by atoms with van der Waals surface area (Å²) in [4.78, 5) is 16.1. The molecule has 1 aromatic heterocycles.